The van der Waals surface area contributed by atoms with Crippen LogP contribution in [0.25, 0.3) is 22.2 Å². The van der Waals surface area contributed by atoms with Crippen LogP contribution in [0.1, 0.15) is 29.8 Å². The fraction of sp³-hybridized carbons (Fsp3) is 0.192. The number of carbonyl (C=O) groups excluding carboxylic acids is 1. The summed E-state index contributed by atoms with van der Waals surface area (Å²) < 4.78 is 27.6. The Bertz CT molecular complexity index is 1450. The maximum atomic E-state index is 13.4. The number of benzene rings is 2. The third-order valence-corrected chi connectivity index (χ3v) is 7.88. The van der Waals surface area contributed by atoms with E-state index in [9.17, 15) is 13.2 Å². The number of fused-ring (bicyclic) bond motifs is 1. The van der Waals surface area contributed by atoms with E-state index in [-0.39, 0.29) is 10.8 Å². The maximum absolute atomic E-state index is 13.4. The van der Waals surface area contributed by atoms with Gasteiger partial charge in [0.2, 0.25) is 10.0 Å². The summed E-state index contributed by atoms with van der Waals surface area (Å²) >= 11 is 0. The van der Waals surface area contributed by atoms with Crippen LogP contribution in [0, 0.1) is 6.92 Å². The summed E-state index contributed by atoms with van der Waals surface area (Å²) in [5.41, 5.74) is 3.58. The lowest BCUT2D eigenvalue weighted by Crippen LogP contribution is -2.31. The van der Waals surface area contributed by atoms with E-state index >= 15 is 0 Å². The highest BCUT2D eigenvalue weighted by Crippen LogP contribution is 2.27. The van der Waals surface area contributed by atoms with E-state index in [0.717, 1.165) is 5.56 Å². The normalized spacial score (nSPS) is 11.6. The number of aromatic nitrogens is 2. The number of rotatable bonds is 7. The highest BCUT2D eigenvalue weighted by molar-refractivity contribution is 7.89. The number of sulfonamides is 1. The predicted molar refractivity (Wildman–Crippen MR) is 134 cm³/mol. The Hall–Kier alpha value is -3.62. The highest BCUT2D eigenvalue weighted by Gasteiger charge is 2.24. The van der Waals surface area contributed by atoms with Crippen molar-refractivity contribution in [1.82, 2.24) is 14.3 Å². The van der Waals surface area contributed by atoms with Crippen molar-refractivity contribution in [3.8, 4) is 11.3 Å². The molecule has 7 nitrogen and oxygen atoms in total. The van der Waals surface area contributed by atoms with Gasteiger partial charge < -0.3 is 5.32 Å². The molecule has 0 spiro atoms. The quantitative estimate of drug-likeness (QED) is 0.412. The number of nitrogens with one attached hydrogen (secondary N) is 1. The van der Waals surface area contributed by atoms with Crippen LogP contribution in [0.15, 0.2) is 78.0 Å². The predicted octanol–water partition coefficient (Wildman–Crippen LogP) is 4.89. The van der Waals surface area contributed by atoms with Crippen molar-refractivity contribution in [3.05, 3.63) is 84.2 Å². The number of carbonyl (C=O) groups is 1. The van der Waals surface area contributed by atoms with Crippen molar-refractivity contribution in [2.75, 3.05) is 18.4 Å². The minimum absolute atomic E-state index is 0.185. The van der Waals surface area contributed by atoms with Crippen LogP contribution in [-0.2, 0) is 10.0 Å². The summed E-state index contributed by atoms with van der Waals surface area (Å²) in [5, 5.41) is 3.58. The molecule has 0 aliphatic carbocycles. The fourth-order valence-corrected chi connectivity index (χ4v) is 5.59. The molecule has 1 amide bonds. The second-order valence-corrected chi connectivity index (χ2v) is 9.74. The third-order valence-electron chi connectivity index (χ3n) is 5.69. The molecular formula is C26H26N4O3S. The molecule has 0 atom stereocenters. The number of para-hydroxylation sites is 1. The molecule has 0 aliphatic heterocycles. The van der Waals surface area contributed by atoms with Crippen molar-refractivity contribution in [2.45, 2.75) is 25.7 Å². The molecule has 2 heterocycles. The van der Waals surface area contributed by atoms with Crippen LogP contribution in [0.5, 0.6) is 0 Å². The van der Waals surface area contributed by atoms with Gasteiger partial charge in [-0.15, -0.1) is 0 Å². The summed E-state index contributed by atoms with van der Waals surface area (Å²) in [7, 11) is -3.67. The average Bonchev–Trinajstić information content (AvgIpc) is 2.85. The van der Waals surface area contributed by atoms with Crippen LogP contribution in [-0.4, -0.2) is 41.7 Å². The summed E-state index contributed by atoms with van der Waals surface area (Å²) in [5.74, 6) is -0.348. The molecule has 0 radical (unpaired) electrons. The number of pyridine rings is 2. The Morgan fingerprint density at radius 3 is 2.47 bits per heavy atom. The number of hydrogen-bond donors (Lipinski definition) is 1. The van der Waals surface area contributed by atoms with Crippen LogP contribution >= 0.6 is 0 Å². The van der Waals surface area contributed by atoms with Crippen LogP contribution < -0.4 is 5.32 Å². The molecule has 1 N–H and O–H groups in total. The number of amides is 1. The van der Waals surface area contributed by atoms with Crippen LogP contribution in [0.3, 0.4) is 0 Å². The molecule has 8 heteroatoms. The van der Waals surface area contributed by atoms with Gasteiger partial charge in [-0.25, -0.2) is 13.4 Å². The second kappa shape index (κ2) is 9.70. The van der Waals surface area contributed by atoms with Gasteiger partial charge in [-0.2, -0.15) is 4.31 Å². The Labute approximate surface area is 199 Å². The summed E-state index contributed by atoms with van der Waals surface area (Å²) in [4.78, 5) is 22.4. The molecule has 174 valence electrons. The molecule has 0 aliphatic rings. The molecule has 2 aromatic heterocycles. The lowest BCUT2D eigenvalue weighted by atomic mass is 10.0. The molecule has 0 fully saturated rings. The largest absolute Gasteiger partial charge is 0.322 e. The summed E-state index contributed by atoms with van der Waals surface area (Å²) in [6, 6.07) is 17.8. The number of hydrogen-bond acceptors (Lipinski definition) is 5. The molecule has 0 saturated heterocycles. The highest BCUT2D eigenvalue weighted by atomic mass is 32.2. The Balaban J connectivity index is 1.75. The van der Waals surface area contributed by atoms with Crippen molar-refractivity contribution < 1.29 is 13.2 Å². The first-order valence-electron chi connectivity index (χ1n) is 11.1. The molecule has 34 heavy (non-hydrogen) atoms. The van der Waals surface area contributed by atoms with Gasteiger partial charge in [-0.05, 0) is 48.9 Å². The van der Waals surface area contributed by atoms with E-state index in [0.29, 0.717) is 46.5 Å². The lowest BCUT2D eigenvalue weighted by Gasteiger charge is -2.20. The number of anilines is 1. The van der Waals surface area contributed by atoms with Gasteiger partial charge in [0.15, 0.2) is 0 Å². The van der Waals surface area contributed by atoms with E-state index in [4.69, 9.17) is 0 Å². The third kappa shape index (κ3) is 4.55. The van der Waals surface area contributed by atoms with E-state index in [1.165, 1.54) is 10.4 Å². The van der Waals surface area contributed by atoms with Crippen molar-refractivity contribution in [1.29, 1.82) is 0 Å². The van der Waals surface area contributed by atoms with Crippen LogP contribution in [0.2, 0.25) is 0 Å². The van der Waals surface area contributed by atoms with Gasteiger partial charge in [-0.1, -0.05) is 38.1 Å². The summed E-state index contributed by atoms with van der Waals surface area (Å²) in [6.07, 6.45) is 3.38. The lowest BCUT2D eigenvalue weighted by molar-refractivity contribution is 0.102. The first kappa shape index (κ1) is 23.5. The Kier molecular flexibility index (Phi) is 6.72. The molecule has 0 unspecified atom stereocenters. The van der Waals surface area contributed by atoms with Crippen molar-refractivity contribution in [3.63, 3.8) is 0 Å². The van der Waals surface area contributed by atoms with Gasteiger partial charge in [-0.3, -0.25) is 9.78 Å². The monoisotopic (exact) mass is 474 g/mol. The maximum Gasteiger partial charge on any atom is 0.256 e. The molecular weight excluding hydrogens is 448 g/mol. The summed E-state index contributed by atoms with van der Waals surface area (Å²) in [6.45, 7) is 6.09. The zero-order valence-electron chi connectivity index (χ0n) is 19.3. The standard InChI is InChI=1S/C26H26N4O3S/c1-4-30(5-2)34(32,33)25-15-20(13-12-18(25)3)28-26(31)22-16-24(19-9-8-14-27-17-19)29-23-11-7-6-10-21(22)23/h6-17H,4-5H2,1-3H3,(H,28,31). The zero-order valence-corrected chi connectivity index (χ0v) is 20.1. The van der Waals surface area contributed by atoms with Crippen molar-refractivity contribution >= 4 is 32.5 Å². The second-order valence-electron chi connectivity index (χ2n) is 7.84. The smallest absolute Gasteiger partial charge is 0.256 e. The zero-order chi connectivity index (χ0) is 24.3. The molecule has 4 rings (SSSR count). The van der Waals surface area contributed by atoms with E-state index in [2.05, 4.69) is 15.3 Å². The first-order chi connectivity index (χ1) is 16.3. The van der Waals surface area contributed by atoms with Gasteiger partial charge >= 0.3 is 0 Å². The minimum Gasteiger partial charge on any atom is -0.322 e. The fourth-order valence-electron chi connectivity index (χ4n) is 3.88. The molecule has 2 aromatic carbocycles. The van der Waals surface area contributed by atoms with Gasteiger partial charge in [0, 0.05) is 42.1 Å². The number of nitrogens with zero attached hydrogens (tertiary/aromatic N) is 3. The van der Waals surface area contributed by atoms with E-state index < -0.39 is 10.0 Å². The molecule has 4 aromatic rings. The topological polar surface area (TPSA) is 92.3 Å². The van der Waals surface area contributed by atoms with Gasteiger partial charge in [0.1, 0.15) is 0 Å². The van der Waals surface area contributed by atoms with E-state index in [1.807, 2.05) is 36.4 Å². The van der Waals surface area contributed by atoms with Crippen molar-refractivity contribution in [2.24, 2.45) is 0 Å². The van der Waals surface area contributed by atoms with Gasteiger partial charge in [0.05, 0.1) is 21.7 Å². The molecule has 0 bridgehead atoms. The number of aryl methyl sites for hydroxylation is 1. The Morgan fingerprint density at radius 2 is 1.76 bits per heavy atom. The van der Waals surface area contributed by atoms with Crippen LogP contribution in [0.4, 0.5) is 5.69 Å². The Morgan fingerprint density at radius 1 is 1.00 bits per heavy atom. The van der Waals surface area contributed by atoms with Gasteiger partial charge in [0.25, 0.3) is 5.91 Å². The SMILES string of the molecule is CCN(CC)S(=O)(=O)c1cc(NC(=O)c2cc(-c3cccnc3)nc3ccccc23)ccc1C. The van der Waals surface area contributed by atoms with E-state index in [1.54, 1.807) is 51.4 Å². The molecule has 0 saturated carbocycles. The minimum atomic E-state index is -3.67. The average molecular weight is 475 g/mol. The first-order valence-corrected chi connectivity index (χ1v) is 12.5.